The van der Waals surface area contributed by atoms with Gasteiger partial charge in [-0.3, -0.25) is 9.79 Å². The molecule has 2 aromatic carbocycles. The average Bonchev–Trinajstić information content (AvgIpc) is 3.18. The van der Waals surface area contributed by atoms with Crippen molar-refractivity contribution >= 4 is 46.0 Å². The lowest BCUT2D eigenvalue weighted by molar-refractivity contribution is -0.112. The molecule has 3 heterocycles. The van der Waals surface area contributed by atoms with E-state index in [1.54, 1.807) is 25.1 Å². The van der Waals surface area contributed by atoms with Crippen molar-refractivity contribution in [1.29, 1.82) is 0 Å². The molecule has 3 aromatic rings. The Balaban J connectivity index is 1.16. The van der Waals surface area contributed by atoms with Crippen molar-refractivity contribution in [2.75, 3.05) is 23.0 Å². The molecule has 2 N–H and O–H groups in total. The lowest BCUT2D eigenvalue weighted by Crippen LogP contribution is -2.28. The zero-order valence-electron chi connectivity index (χ0n) is 19.6. The number of aryl methyl sites for hydroxylation is 2. The summed E-state index contributed by atoms with van der Waals surface area (Å²) in [4.78, 5) is 31.9. The summed E-state index contributed by atoms with van der Waals surface area (Å²) >= 11 is 1.13. The number of carboxylic acid groups (broad SMARTS) is 1. The number of hydrogen-bond acceptors (Lipinski definition) is 7. The number of aliphatic imine (C=N–C) groups is 1. The average molecular weight is 501 g/mol. The molecule has 1 aliphatic carbocycles. The SMILES string of the molecule is CC1=NN(c2ccc3c(c2)CCC3)C(=O)C1=NCC1CN1c1cccc(-c2ccc(C(=O)O)s2)c1O. The van der Waals surface area contributed by atoms with Crippen molar-refractivity contribution in [1.82, 2.24) is 0 Å². The van der Waals surface area contributed by atoms with Gasteiger partial charge in [-0.25, -0.2) is 4.79 Å². The molecular weight excluding hydrogens is 476 g/mol. The highest BCUT2D eigenvalue weighted by atomic mass is 32.1. The Bertz CT molecular complexity index is 1470. The van der Waals surface area contributed by atoms with Crippen LogP contribution in [-0.2, 0) is 17.6 Å². The fourth-order valence-corrected chi connectivity index (χ4v) is 5.80. The maximum atomic E-state index is 13.1. The minimum Gasteiger partial charge on any atom is -0.505 e. The van der Waals surface area contributed by atoms with Gasteiger partial charge < -0.3 is 15.1 Å². The van der Waals surface area contributed by atoms with Crippen LogP contribution in [0.3, 0.4) is 0 Å². The third-order valence-corrected chi connectivity index (χ3v) is 8.00. The Morgan fingerprint density at radius 3 is 2.81 bits per heavy atom. The van der Waals surface area contributed by atoms with E-state index in [9.17, 15) is 19.8 Å². The zero-order valence-corrected chi connectivity index (χ0v) is 20.5. The zero-order chi connectivity index (χ0) is 25.0. The summed E-state index contributed by atoms with van der Waals surface area (Å²) in [7, 11) is 0. The fraction of sp³-hybridized carbons (Fsp3) is 0.259. The van der Waals surface area contributed by atoms with Gasteiger partial charge in [-0.15, -0.1) is 11.3 Å². The third kappa shape index (κ3) is 3.85. The Hall–Kier alpha value is -3.98. The van der Waals surface area contributed by atoms with E-state index in [-0.39, 0.29) is 22.6 Å². The molecule has 0 radical (unpaired) electrons. The second-order valence-corrected chi connectivity index (χ2v) is 10.3. The summed E-state index contributed by atoms with van der Waals surface area (Å²) in [6, 6.07) is 14.9. The van der Waals surface area contributed by atoms with E-state index in [0.29, 0.717) is 40.6 Å². The number of anilines is 2. The number of carbonyl (C=O) groups excluding carboxylic acids is 1. The first-order chi connectivity index (χ1) is 17.4. The second-order valence-electron chi connectivity index (χ2n) is 9.25. The van der Waals surface area contributed by atoms with E-state index in [1.807, 2.05) is 23.1 Å². The van der Waals surface area contributed by atoms with Gasteiger partial charge in [-0.2, -0.15) is 10.1 Å². The maximum absolute atomic E-state index is 13.1. The molecule has 2 aliphatic heterocycles. The number of thiophene rings is 1. The van der Waals surface area contributed by atoms with Gasteiger partial charge in [-0.05, 0) is 73.7 Å². The Morgan fingerprint density at radius 2 is 2.00 bits per heavy atom. The number of para-hydroxylation sites is 1. The van der Waals surface area contributed by atoms with E-state index < -0.39 is 5.97 Å². The van der Waals surface area contributed by atoms with Gasteiger partial charge in [0.15, 0.2) is 0 Å². The highest BCUT2D eigenvalue weighted by Crippen LogP contribution is 2.43. The quantitative estimate of drug-likeness (QED) is 0.489. The van der Waals surface area contributed by atoms with E-state index in [2.05, 4.69) is 22.2 Å². The summed E-state index contributed by atoms with van der Waals surface area (Å²) in [5, 5.41) is 26.0. The molecule has 1 aromatic heterocycles. The van der Waals surface area contributed by atoms with Crippen molar-refractivity contribution in [3.63, 3.8) is 0 Å². The number of hydrazone groups is 1. The van der Waals surface area contributed by atoms with Crippen molar-refractivity contribution in [2.24, 2.45) is 10.1 Å². The maximum Gasteiger partial charge on any atom is 0.345 e. The predicted molar refractivity (Wildman–Crippen MR) is 141 cm³/mol. The molecule has 1 unspecified atom stereocenters. The van der Waals surface area contributed by atoms with Crippen LogP contribution in [0.25, 0.3) is 10.4 Å². The lowest BCUT2D eigenvalue weighted by atomic mass is 10.1. The Kier molecular flexibility index (Phi) is 5.37. The summed E-state index contributed by atoms with van der Waals surface area (Å²) < 4.78 is 0. The van der Waals surface area contributed by atoms with Crippen molar-refractivity contribution in [2.45, 2.75) is 32.2 Å². The summed E-state index contributed by atoms with van der Waals surface area (Å²) in [6.07, 6.45) is 3.27. The van der Waals surface area contributed by atoms with Crippen molar-refractivity contribution in [3.05, 3.63) is 64.5 Å². The molecule has 6 rings (SSSR count). The molecule has 1 amide bonds. The lowest BCUT2D eigenvalue weighted by Gasteiger charge is -2.13. The molecule has 3 aliphatic rings. The van der Waals surface area contributed by atoms with Crippen LogP contribution in [0, 0.1) is 0 Å². The number of fused-ring (bicyclic) bond motifs is 1. The first-order valence-corrected chi connectivity index (χ1v) is 12.7. The van der Waals surface area contributed by atoms with Gasteiger partial charge in [-0.1, -0.05) is 12.1 Å². The number of amides is 1. The number of hydrogen-bond donors (Lipinski definition) is 2. The molecule has 182 valence electrons. The fourth-order valence-electron chi connectivity index (χ4n) is 4.93. The summed E-state index contributed by atoms with van der Waals surface area (Å²) in [5.41, 5.74) is 5.66. The van der Waals surface area contributed by atoms with Gasteiger partial charge in [0.05, 0.1) is 29.7 Å². The highest BCUT2D eigenvalue weighted by molar-refractivity contribution is 7.17. The summed E-state index contributed by atoms with van der Waals surface area (Å²) in [5.74, 6) is -1.08. The van der Waals surface area contributed by atoms with Crippen LogP contribution >= 0.6 is 11.3 Å². The van der Waals surface area contributed by atoms with Gasteiger partial charge in [0, 0.05) is 17.0 Å². The van der Waals surface area contributed by atoms with Crippen LogP contribution in [0.4, 0.5) is 11.4 Å². The number of nitrogens with zero attached hydrogens (tertiary/aromatic N) is 4. The number of aromatic hydroxyl groups is 1. The van der Waals surface area contributed by atoms with Gasteiger partial charge >= 0.3 is 5.97 Å². The number of rotatable bonds is 6. The van der Waals surface area contributed by atoms with Gasteiger partial charge in [0.2, 0.25) is 0 Å². The highest BCUT2D eigenvalue weighted by Gasteiger charge is 2.38. The first-order valence-electron chi connectivity index (χ1n) is 11.9. The number of carbonyl (C=O) groups is 2. The standard InChI is InChI=1S/C27H24N4O4S/c1-15-24(26(33)31(29-15)18-9-8-16-4-2-5-17(16)12-18)28-13-19-14-30(19)21-7-3-6-20(25(21)32)22-10-11-23(36-22)27(34)35/h3,6-12,19,32H,2,4-5,13-14H2,1H3,(H,34,35). The van der Waals surface area contributed by atoms with Crippen LogP contribution in [0.1, 0.15) is 34.1 Å². The number of benzene rings is 2. The molecule has 0 bridgehead atoms. The van der Waals surface area contributed by atoms with Gasteiger partial charge in [0.25, 0.3) is 5.91 Å². The Labute approximate surface area is 211 Å². The normalized spacial score (nSPS) is 19.7. The molecule has 0 saturated carbocycles. The van der Waals surface area contributed by atoms with Crippen LogP contribution in [0.2, 0.25) is 0 Å². The van der Waals surface area contributed by atoms with E-state index in [0.717, 1.165) is 36.3 Å². The third-order valence-electron chi connectivity index (χ3n) is 6.90. The second kappa shape index (κ2) is 8.60. The van der Waals surface area contributed by atoms with Gasteiger partial charge in [0.1, 0.15) is 16.3 Å². The first kappa shape index (κ1) is 22.5. The largest absolute Gasteiger partial charge is 0.505 e. The van der Waals surface area contributed by atoms with Crippen LogP contribution < -0.4 is 9.91 Å². The Morgan fingerprint density at radius 1 is 1.17 bits per heavy atom. The van der Waals surface area contributed by atoms with Crippen LogP contribution in [-0.4, -0.2) is 52.6 Å². The number of carboxylic acids is 1. The monoisotopic (exact) mass is 500 g/mol. The molecule has 36 heavy (non-hydrogen) atoms. The van der Waals surface area contributed by atoms with E-state index >= 15 is 0 Å². The molecule has 1 saturated heterocycles. The van der Waals surface area contributed by atoms with Crippen molar-refractivity contribution in [3.8, 4) is 16.2 Å². The summed E-state index contributed by atoms with van der Waals surface area (Å²) in [6.45, 7) is 2.92. The topological polar surface area (TPSA) is 106 Å². The minimum absolute atomic E-state index is 0.0613. The molecule has 1 atom stereocenters. The number of phenolic OH excluding ortho intramolecular Hbond substituents is 1. The smallest absolute Gasteiger partial charge is 0.345 e. The number of aromatic carboxylic acids is 1. The molecule has 1 fully saturated rings. The van der Waals surface area contributed by atoms with E-state index in [4.69, 9.17) is 0 Å². The molecular formula is C27H24N4O4S. The molecule has 9 heteroatoms. The van der Waals surface area contributed by atoms with Crippen LogP contribution in [0.5, 0.6) is 5.75 Å². The predicted octanol–water partition coefficient (Wildman–Crippen LogP) is 4.36. The molecule has 0 spiro atoms. The van der Waals surface area contributed by atoms with Crippen molar-refractivity contribution < 1.29 is 19.8 Å². The van der Waals surface area contributed by atoms with Crippen LogP contribution in [0.15, 0.2) is 58.6 Å². The van der Waals surface area contributed by atoms with E-state index in [1.165, 1.54) is 16.1 Å². The minimum atomic E-state index is -0.984. The molecule has 8 nitrogen and oxygen atoms in total. The number of phenols is 1.